The van der Waals surface area contributed by atoms with Crippen LogP contribution in [0.4, 0.5) is 13.2 Å². The van der Waals surface area contributed by atoms with Crippen molar-refractivity contribution in [3.8, 4) is 11.5 Å². The molecule has 0 spiro atoms. The first-order valence-corrected chi connectivity index (χ1v) is 11.1. The number of methoxy groups -OCH3 is 1. The minimum absolute atomic E-state index is 0.0184. The van der Waals surface area contributed by atoms with Gasteiger partial charge in [-0.15, -0.1) is 0 Å². The Morgan fingerprint density at radius 2 is 1.87 bits per heavy atom. The van der Waals surface area contributed by atoms with E-state index in [-0.39, 0.29) is 12.1 Å². The Morgan fingerprint density at radius 1 is 1.06 bits per heavy atom. The van der Waals surface area contributed by atoms with Crippen molar-refractivity contribution in [3.05, 3.63) is 59.2 Å². The van der Waals surface area contributed by atoms with Crippen molar-refractivity contribution in [2.75, 3.05) is 7.11 Å². The van der Waals surface area contributed by atoms with Crippen LogP contribution in [-0.2, 0) is 12.7 Å². The Hall–Kier alpha value is -2.21. The molecule has 0 bridgehead atoms. The Kier molecular flexibility index (Phi) is 8.24. The van der Waals surface area contributed by atoms with Crippen LogP contribution in [0.1, 0.15) is 74.6 Å². The molecule has 0 aromatic heterocycles. The summed E-state index contributed by atoms with van der Waals surface area (Å²) in [4.78, 5) is 0. The lowest BCUT2D eigenvalue weighted by atomic mass is 9.93. The van der Waals surface area contributed by atoms with Crippen LogP contribution in [0, 0.1) is 0 Å². The van der Waals surface area contributed by atoms with E-state index in [0.717, 1.165) is 42.4 Å². The van der Waals surface area contributed by atoms with Crippen LogP contribution in [-0.4, -0.2) is 13.2 Å². The number of hydrogen-bond acceptors (Lipinski definition) is 3. The van der Waals surface area contributed by atoms with Crippen LogP contribution >= 0.6 is 0 Å². The van der Waals surface area contributed by atoms with E-state index >= 15 is 0 Å². The maximum absolute atomic E-state index is 13.0. The first-order valence-electron chi connectivity index (χ1n) is 11.1. The number of nitrogens with one attached hydrogen (secondary N) is 1. The van der Waals surface area contributed by atoms with Gasteiger partial charge < -0.3 is 14.8 Å². The van der Waals surface area contributed by atoms with Gasteiger partial charge in [-0.25, -0.2) is 0 Å². The summed E-state index contributed by atoms with van der Waals surface area (Å²) in [5.41, 5.74) is 1.02. The van der Waals surface area contributed by atoms with Crippen LogP contribution in [0.3, 0.4) is 0 Å². The molecule has 1 N–H and O–H groups in total. The van der Waals surface area contributed by atoms with E-state index in [1.54, 1.807) is 13.2 Å². The minimum atomic E-state index is -4.33. The van der Waals surface area contributed by atoms with Crippen molar-refractivity contribution >= 4 is 0 Å². The monoisotopic (exact) mass is 435 g/mol. The molecule has 0 saturated heterocycles. The van der Waals surface area contributed by atoms with Crippen molar-refractivity contribution in [1.29, 1.82) is 0 Å². The molecule has 2 aromatic rings. The molecule has 1 aliphatic heterocycles. The van der Waals surface area contributed by atoms with Gasteiger partial charge in [-0.05, 0) is 30.5 Å². The molecule has 0 radical (unpaired) electrons. The quantitative estimate of drug-likeness (QED) is 0.405. The standard InChI is InChI=1S/C25H32F3NO2/c1-3-4-5-6-7-11-21-15-23(22-13-12-20(30-2)16-24(22)31-21)29-17-18-9-8-10-19(14-18)25(26,27)28/h8-10,12-14,16,21,23,29H,3-7,11,15,17H2,1-2H3. The molecule has 0 amide bonds. The third-order valence-corrected chi connectivity index (χ3v) is 5.82. The molecule has 0 aliphatic carbocycles. The average molecular weight is 436 g/mol. The van der Waals surface area contributed by atoms with E-state index in [0.29, 0.717) is 12.1 Å². The molecule has 2 unspecified atom stereocenters. The van der Waals surface area contributed by atoms with Gasteiger partial charge in [0, 0.05) is 30.6 Å². The van der Waals surface area contributed by atoms with E-state index in [2.05, 4.69) is 12.2 Å². The van der Waals surface area contributed by atoms with Gasteiger partial charge in [0.05, 0.1) is 12.7 Å². The van der Waals surface area contributed by atoms with E-state index in [1.807, 2.05) is 18.2 Å². The zero-order chi connectivity index (χ0) is 22.3. The van der Waals surface area contributed by atoms with Crippen molar-refractivity contribution < 1.29 is 22.6 Å². The minimum Gasteiger partial charge on any atom is -0.497 e. The van der Waals surface area contributed by atoms with Crippen LogP contribution in [0.5, 0.6) is 11.5 Å². The van der Waals surface area contributed by atoms with Crippen molar-refractivity contribution in [1.82, 2.24) is 5.32 Å². The summed E-state index contributed by atoms with van der Waals surface area (Å²) in [7, 11) is 1.62. The fourth-order valence-corrected chi connectivity index (χ4v) is 4.09. The number of hydrogen-bond donors (Lipinski definition) is 1. The summed E-state index contributed by atoms with van der Waals surface area (Å²) in [6.07, 6.45) is 3.55. The van der Waals surface area contributed by atoms with Gasteiger partial charge in [0.25, 0.3) is 0 Å². The van der Waals surface area contributed by atoms with Crippen LogP contribution in [0.25, 0.3) is 0 Å². The average Bonchev–Trinajstić information content (AvgIpc) is 2.76. The molecule has 2 atom stereocenters. The zero-order valence-electron chi connectivity index (χ0n) is 18.3. The fraction of sp³-hybridized carbons (Fsp3) is 0.520. The number of alkyl halides is 3. The smallest absolute Gasteiger partial charge is 0.416 e. The third kappa shape index (κ3) is 6.63. The molecule has 31 heavy (non-hydrogen) atoms. The second kappa shape index (κ2) is 10.9. The molecule has 0 saturated carbocycles. The maximum Gasteiger partial charge on any atom is 0.416 e. The molecular formula is C25H32F3NO2. The molecule has 2 aromatic carbocycles. The summed E-state index contributed by atoms with van der Waals surface area (Å²) in [5.74, 6) is 1.53. The highest BCUT2D eigenvalue weighted by Gasteiger charge is 2.31. The van der Waals surface area contributed by atoms with Gasteiger partial charge in [-0.3, -0.25) is 0 Å². The van der Waals surface area contributed by atoms with Gasteiger partial charge in [0.15, 0.2) is 0 Å². The number of ether oxygens (including phenoxy) is 2. The summed E-state index contributed by atoms with van der Waals surface area (Å²) < 4.78 is 50.7. The molecule has 3 nitrogen and oxygen atoms in total. The Labute approximate surface area is 183 Å². The lowest BCUT2D eigenvalue weighted by Crippen LogP contribution is -2.33. The topological polar surface area (TPSA) is 30.5 Å². The Balaban J connectivity index is 1.69. The van der Waals surface area contributed by atoms with Crippen LogP contribution in [0.15, 0.2) is 42.5 Å². The summed E-state index contributed by atoms with van der Waals surface area (Å²) >= 11 is 0. The third-order valence-electron chi connectivity index (χ3n) is 5.82. The zero-order valence-corrected chi connectivity index (χ0v) is 18.3. The number of unbranched alkanes of at least 4 members (excludes halogenated alkanes) is 4. The first-order chi connectivity index (χ1) is 14.9. The molecule has 1 aliphatic rings. The largest absolute Gasteiger partial charge is 0.497 e. The van der Waals surface area contributed by atoms with Crippen molar-refractivity contribution in [3.63, 3.8) is 0 Å². The molecule has 0 fully saturated rings. The van der Waals surface area contributed by atoms with Crippen LogP contribution in [0.2, 0.25) is 0 Å². The lowest BCUT2D eigenvalue weighted by molar-refractivity contribution is -0.137. The highest BCUT2D eigenvalue weighted by Crippen LogP contribution is 2.39. The highest BCUT2D eigenvalue weighted by molar-refractivity contribution is 5.44. The Bertz CT molecular complexity index is 838. The van der Waals surface area contributed by atoms with Crippen LogP contribution < -0.4 is 14.8 Å². The number of halogens is 3. The fourth-order valence-electron chi connectivity index (χ4n) is 4.09. The van der Waals surface area contributed by atoms with Gasteiger partial charge >= 0.3 is 6.18 Å². The second-order valence-electron chi connectivity index (χ2n) is 8.21. The van der Waals surface area contributed by atoms with Gasteiger partial charge in [-0.2, -0.15) is 13.2 Å². The first kappa shape index (κ1) is 23.5. The molecule has 170 valence electrons. The predicted molar refractivity (Wildman–Crippen MR) is 116 cm³/mol. The summed E-state index contributed by atoms with van der Waals surface area (Å²) in [5, 5.41) is 3.46. The SMILES string of the molecule is CCCCCCCC1CC(NCc2cccc(C(F)(F)F)c2)c2ccc(OC)cc2O1. The normalized spacial score (nSPS) is 18.4. The molecule has 6 heteroatoms. The van der Waals surface area contributed by atoms with E-state index < -0.39 is 11.7 Å². The number of fused-ring (bicyclic) bond motifs is 1. The van der Waals surface area contributed by atoms with Gasteiger partial charge in [0.1, 0.15) is 17.6 Å². The lowest BCUT2D eigenvalue weighted by Gasteiger charge is -2.33. The van der Waals surface area contributed by atoms with E-state index in [4.69, 9.17) is 9.47 Å². The highest BCUT2D eigenvalue weighted by atomic mass is 19.4. The van der Waals surface area contributed by atoms with E-state index in [9.17, 15) is 13.2 Å². The Morgan fingerprint density at radius 3 is 2.61 bits per heavy atom. The number of benzene rings is 2. The second-order valence-corrected chi connectivity index (χ2v) is 8.21. The number of rotatable bonds is 10. The van der Waals surface area contributed by atoms with Gasteiger partial charge in [-0.1, -0.05) is 56.9 Å². The summed E-state index contributed by atoms with van der Waals surface area (Å²) in [6.45, 7) is 2.57. The van der Waals surface area contributed by atoms with Crippen molar-refractivity contribution in [2.24, 2.45) is 0 Å². The predicted octanol–water partition coefficient (Wildman–Crippen LogP) is 7.06. The van der Waals surface area contributed by atoms with E-state index in [1.165, 1.54) is 37.8 Å². The molecular weight excluding hydrogens is 403 g/mol. The van der Waals surface area contributed by atoms with Gasteiger partial charge in [0.2, 0.25) is 0 Å². The molecule has 3 rings (SSSR count). The molecule has 1 heterocycles. The maximum atomic E-state index is 13.0. The summed E-state index contributed by atoms with van der Waals surface area (Å²) in [6, 6.07) is 11.3. The van der Waals surface area contributed by atoms with Crippen molar-refractivity contribution in [2.45, 2.75) is 76.7 Å².